The number of hydrogen-bond donors (Lipinski definition) is 0. The molecule has 1 rings (SSSR count). The third-order valence-electron chi connectivity index (χ3n) is 2.57. The van der Waals surface area contributed by atoms with Gasteiger partial charge in [-0.05, 0) is 37.6 Å². The van der Waals surface area contributed by atoms with Gasteiger partial charge in [-0.1, -0.05) is 0 Å². The first-order valence-electron chi connectivity index (χ1n) is 5.30. The maximum Gasteiger partial charge on any atom is 0.348 e. The van der Waals surface area contributed by atoms with Crippen molar-refractivity contribution in [3.8, 4) is 6.07 Å². The van der Waals surface area contributed by atoms with E-state index in [1.54, 1.807) is 13.0 Å². The Morgan fingerprint density at radius 2 is 2.06 bits per heavy atom. The molecule has 0 saturated carbocycles. The fourth-order valence-corrected chi connectivity index (χ4v) is 1.59. The van der Waals surface area contributed by atoms with Crippen LogP contribution in [0.15, 0.2) is 23.4 Å². The summed E-state index contributed by atoms with van der Waals surface area (Å²) in [5, 5.41) is 8.83. The Morgan fingerprint density at radius 1 is 1.44 bits per heavy atom. The molecule has 0 aliphatic carbocycles. The van der Waals surface area contributed by atoms with E-state index in [-0.39, 0.29) is 5.57 Å². The van der Waals surface area contributed by atoms with Gasteiger partial charge in [0, 0.05) is 13.1 Å². The second-order valence-electron chi connectivity index (χ2n) is 3.72. The molecule has 1 heterocycles. The number of allylic oxidation sites excluding steroid dienone is 2. The van der Waals surface area contributed by atoms with Crippen LogP contribution in [0, 0.1) is 11.3 Å². The zero-order chi connectivity index (χ0) is 12.0. The highest BCUT2D eigenvalue weighted by Crippen LogP contribution is 2.11. The number of esters is 1. The smallest absolute Gasteiger partial charge is 0.348 e. The zero-order valence-corrected chi connectivity index (χ0v) is 9.69. The van der Waals surface area contributed by atoms with E-state index >= 15 is 0 Å². The number of rotatable bonds is 3. The second-order valence-corrected chi connectivity index (χ2v) is 3.72. The molecular formula is C12H16N2O2. The molecule has 0 N–H and O–H groups in total. The van der Waals surface area contributed by atoms with Crippen LogP contribution in [0.5, 0.6) is 0 Å². The molecule has 4 heteroatoms. The number of carbonyl (C=O) groups excluding carboxylic acids is 1. The summed E-state index contributed by atoms with van der Waals surface area (Å²) in [6.45, 7) is 3.83. The molecule has 0 unspecified atom stereocenters. The summed E-state index contributed by atoms with van der Waals surface area (Å²) in [5.74, 6) is -0.578. The number of carbonyl (C=O) groups is 1. The molecule has 86 valence electrons. The molecule has 1 aliphatic heterocycles. The average molecular weight is 220 g/mol. The van der Waals surface area contributed by atoms with Crippen molar-refractivity contribution < 1.29 is 9.53 Å². The Kier molecular flexibility index (Phi) is 4.59. The van der Waals surface area contributed by atoms with E-state index in [1.165, 1.54) is 20.0 Å². The summed E-state index contributed by atoms with van der Waals surface area (Å²) < 4.78 is 4.53. The monoisotopic (exact) mass is 220 g/mol. The number of ether oxygens (including phenoxy) is 1. The van der Waals surface area contributed by atoms with E-state index in [0.29, 0.717) is 5.57 Å². The van der Waals surface area contributed by atoms with Crippen LogP contribution in [0.4, 0.5) is 0 Å². The van der Waals surface area contributed by atoms with E-state index < -0.39 is 5.97 Å². The zero-order valence-electron chi connectivity index (χ0n) is 9.69. The predicted molar refractivity (Wildman–Crippen MR) is 60.3 cm³/mol. The molecule has 0 amide bonds. The van der Waals surface area contributed by atoms with Crippen LogP contribution in [-0.2, 0) is 9.53 Å². The van der Waals surface area contributed by atoms with Crippen LogP contribution >= 0.6 is 0 Å². The average Bonchev–Trinajstić information content (AvgIpc) is 2.79. The highest BCUT2D eigenvalue weighted by molar-refractivity contribution is 5.93. The highest BCUT2D eigenvalue weighted by atomic mass is 16.5. The van der Waals surface area contributed by atoms with Gasteiger partial charge in [0.1, 0.15) is 11.6 Å². The van der Waals surface area contributed by atoms with Crippen molar-refractivity contribution in [3.63, 3.8) is 0 Å². The van der Waals surface area contributed by atoms with E-state index in [4.69, 9.17) is 5.26 Å². The fourth-order valence-electron chi connectivity index (χ4n) is 1.59. The molecule has 0 aromatic carbocycles. The van der Waals surface area contributed by atoms with Crippen molar-refractivity contribution in [1.82, 2.24) is 4.90 Å². The van der Waals surface area contributed by atoms with Crippen LogP contribution in [0.1, 0.15) is 19.8 Å². The minimum Gasteiger partial charge on any atom is -0.465 e. The molecule has 1 saturated heterocycles. The van der Waals surface area contributed by atoms with E-state index in [1.807, 2.05) is 12.3 Å². The van der Waals surface area contributed by atoms with Crippen LogP contribution < -0.4 is 0 Å². The minimum atomic E-state index is -0.578. The van der Waals surface area contributed by atoms with Crippen molar-refractivity contribution in [3.05, 3.63) is 23.4 Å². The highest BCUT2D eigenvalue weighted by Gasteiger charge is 2.11. The van der Waals surface area contributed by atoms with Crippen LogP contribution in [0.3, 0.4) is 0 Å². The Labute approximate surface area is 95.8 Å². The molecule has 0 aromatic heterocycles. The van der Waals surface area contributed by atoms with E-state index in [9.17, 15) is 4.79 Å². The predicted octanol–water partition coefficient (Wildman–Crippen LogP) is 1.61. The summed E-state index contributed by atoms with van der Waals surface area (Å²) >= 11 is 0. The van der Waals surface area contributed by atoms with Gasteiger partial charge >= 0.3 is 5.97 Å². The van der Waals surface area contributed by atoms with Crippen molar-refractivity contribution in [1.29, 1.82) is 5.26 Å². The second kappa shape index (κ2) is 5.96. The number of methoxy groups -OCH3 is 1. The minimum absolute atomic E-state index is 0.0675. The van der Waals surface area contributed by atoms with Gasteiger partial charge in [0.25, 0.3) is 0 Å². The Bertz CT molecular complexity index is 358. The lowest BCUT2D eigenvalue weighted by molar-refractivity contribution is -0.135. The van der Waals surface area contributed by atoms with Gasteiger partial charge in [-0.2, -0.15) is 5.26 Å². The summed E-state index contributed by atoms with van der Waals surface area (Å²) in [6, 6.07) is 1.86. The molecule has 0 aromatic rings. The molecule has 0 spiro atoms. The van der Waals surface area contributed by atoms with Crippen LogP contribution in [0.25, 0.3) is 0 Å². The van der Waals surface area contributed by atoms with E-state index in [2.05, 4.69) is 9.64 Å². The molecule has 1 aliphatic rings. The topological polar surface area (TPSA) is 53.3 Å². The van der Waals surface area contributed by atoms with E-state index in [0.717, 1.165) is 13.1 Å². The summed E-state index contributed by atoms with van der Waals surface area (Å²) in [4.78, 5) is 13.4. The largest absolute Gasteiger partial charge is 0.465 e. The van der Waals surface area contributed by atoms with Crippen molar-refractivity contribution in [2.24, 2.45) is 0 Å². The van der Waals surface area contributed by atoms with Crippen molar-refractivity contribution >= 4 is 5.97 Å². The first kappa shape index (κ1) is 12.3. The number of hydrogen-bond acceptors (Lipinski definition) is 4. The molecular weight excluding hydrogens is 204 g/mol. The van der Waals surface area contributed by atoms with Gasteiger partial charge in [0.2, 0.25) is 0 Å². The van der Waals surface area contributed by atoms with Gasteiger partial charge in [0.05, 0.1) is 7.11 Å². The van der Waals surface area contributed by atoms with Crippen molar-refractivity contribution in [2.75, 3.05) is 20.2 Å². The van der Waals surface area contributed by atoms with Gasteiger partial charge in [-0.15, -0.1) is 0 Å². The fraction of sp³-hybridized carbons (Fsp3) is 0.500. The first-order chi connectivity index (χ1) is 7.69. The molecule has 16 heavy (non-hydrogen) atoms. The summed E-state index contributed by atoms with van der Waals surface area (Å²) in [5.41, 5.74) is 0.708. The molecule has 0 radical (unpaired) electrons. The summed E-state index contributed by atoms with van der Waals surface area (Å²) in [7, 11) is 1.27. The lowest BCUT2D eigenvalue weighted by Gasteiger charge is -2.10. The van der Waals surface area contributed by atoms with Crippen LogP contribution in [0.2, 0.25) is 0 Å². The van der Waals surface area contributed by atoms with Gasteiger partial charge in [-0.25, -0.2) is 4.79 Å². The van der Waals surface area contributed by atoms with Gasteiger partial charge in [-0.3, -0.25) is 0 Å². The molecule has 0 atom stereocenters. The Balaban J connectivity index is 2.73. The molecule has 0 bridgehead atoms. The lowest BCUT2D eigenvalue weighted by atomic mass is 10.1. The lowest BCUT2D eigenvalue weighted by Crippen LogP contribution is -2.10. The van der Waals surface area contributed by atoms with Gasteiger partial charge in [0.15, 0.2) is 0 Å². The number of nitrogens with zero attached hydrogens (tertiary/aromatic N) is 2. The molecule has 1 fully saturated rings. The summed E-state index contributed by atoms with van der Waals surface area (Å²) in [6.07, 6.45) is 6.13. The van der Waals surface area contributed by atoms with Crippen LogP contribution in [-0.4, -0.2) is 31.1 Å². The molecule has 4 nitrogen and oxygen atoms in total. The maximum atomic E-state index is 11.2. The quantitative estimate of drug-likeness (QED) is 0.314. The SMILES string of the molecule is COC(=O)/C(C#N)=C(C)/C=C/N1CCCC1. The maximum absolute atomic E-state index is 11.2. The Morgan fingerprint density at radius 3 is 2.56 bits per heavy atom. The number of nitriles is 1. The normalized spacial score (nSPS) is 17.2. The first-order valence-corrected chi connectivity index (χ1v) is 5.30. The standard InChI is InChI=1S/C12H16N2O2/c1-10(11(9-13)12(15)16-2)5-8-14-6-3-4-7-14/h5,8H,3-4,6-7H2,1-2H3/b8-5+,11-10+. The Hall–Kier alpha value is -1.76. The van der Waals surface area contributed by atoms with Crippen molar-refractivity contribution in [2.45, 2.75) is 19.8 Å². The third kappa shape index (κ3) is 3.13. The number of likely N-dealkylation sites (tertiary alicyclic amines) is 1. The third-order valence-corrected chi connectivity index (χ3v) is 2.57. The van der Waals surface area contributed by atoms with Gasteiger partial charge < -0.3 is 9.64 Å².